The van der Waals surface area contributed by atoms with Crippen LogP contribution in [0.25, 0.3) is 0 Å². The maximum absolute atomic E-state index is 14.8. The molecule has 5 atom stereocenters. The molecule has 1 N–H and O–H groups in total. The Balaban J connectivity index is 0.00000380. The van der Waals surface area contributed by atoms with Crippen LogP contribution in [0.3, 0.4) is 0 Å². The third-order valence-electron chi connectivity index (χ3n) is 8.20. The molecular weight excluding hydrogens is 496 g/mol. The summed E-state index contributed by atoms with van der Waals surface area (Å²) in [7, 11) is 0. The number of likely N-dealkylation sites (tertiary alicyclic amines) is 2. The van der Waals surface area contributed by atoms with Crippen LogP contribution in [0, 0.1) is 40.7 Å². The van der Waals surface area contributed by atoms with Crippen molar-refractivity contribution in [1.29, 1.82) is 5.26 Å². The van der Waals surface area contributed by atoms with Gasteiger partial charge in [-0.1, -0.05) is 32.0 Å². The van der Waals surface area contributed by atoms with Gasteiger partial charge in [0.15, 0.2) is 0 Å². The van der Waals surface area contributed by atoms with E-state index < -0.39 is 29.1 Å². The number of piperidine rings is 1. The van der Waals surface area contributed by atoms with Crippen molar-refractivity contribution in [3.8, 4) is 6.07 Å². The summed E-state index contributed by atoms with van der Waals surface area (Å²) in [4.78, 5) is 17.9. The Bertz CT molecular complexity index is 1180. The van der Waals surface area contributed by atoms with Gasteiger partial charge in [-0.25, -0.2) is 8.78 Å². The molecule has 2 aliphatic rings. The van der Waals surface area contributed by atoms with Gasteiger partial charge in [0.2, 0.25) is 5.91 Å². The first-order chi connectivity index (χ1) is 16.9. The fourth-order valence-electron chi connectivity index (χ4n) is 6.04. The minimum Gasteiger partial charge on any atom is -0.384 e. The number of aliphatic hydroxyl groups is 1. The van der Waals surface area contributed by atoms with Gasteiger partial charge in [-0.15, -0.1) is 12.4 Å². The first-order valence-corrected chi connectivity index (χ1v) is 12.6. The van der Waals surface area contributed by atoms with Crippen LogP contribution in [0.5, 0.6) is 0 Å². The average Bonchev–Trinajstić information content (AvgIpc) is 3.27. The lowest BCUT2D eigenvalue weighted by atomic mass is 9.70. The van der Waals surface area contributed by atoms with Crippen LogP contribution in [0.15, 0.2) is 42.5 Å². The molecule has 2 aromatic carbocycles. The smallest absolute Gasteiger partial charge is 0.227 e. The first kappa shape index (κ1) is 29.0. The lowest BCUT2D eigenvalue weighted by molar-refractivity contribution is -0.152. The molecule has 2 saturated heterocycles. The van der Waals surface area contributed by atoms with Crippen molar-refractivity contribution < 1.29 is 18.7 Å². The molecule has 4 rings (SSSR count). The summed E-state index contributed by atoms with van der Waals surface area (Å²) in [6.07, 6.45) is 0. The van der Waals surface area contributed by atoms with Crippen molar-refractivity contribution in [3.63, 3.8) is 0 Å². The van der Waals surface area contributed by atoms with Crippen molar-refractivity contribution in [2.45, 2.75) is 51.7 Å². The van der Waals surface area contributed by atoms with Gasteiger partial charge in [-0.3, -0.25) is 9.69 Å². The Morgan fingerprint density at radius 2 is 1.70 bits per heavy atom. The van der Waals surface area contributed by atoms with Gasteiger partial charge in [0.05, 0.1) is 23.2 Å². The second-order valence-corrected chi connectivity index (χ2v) is 11.5. The van der Waals surface area contributed by atoms with Crippen LogP contribution in [-0.2, 0) is 10.4 Å². The van der Waals surface area contributed by atoms with Gasteiger partial charge >= 0.3 is 0 Å². The molecule has 5 nitrogen and oxygen atoms in total. The van der Waals surface area contributed by atoms with Crippen molar-refractivity contribution in [3.05, 3.63) is 70.8 Å². The molecule has 2 heterocycles. The lowest BCUT2D eigenvalue weighted by Gasteiger charge is -2.48. The Hall–Kier alpha value is -2.53. The molecule has 1 unspecified atom stereocenters. The van der Waals surface area contributed by atoms with Crippen LogP contribution < -0.4 is 0 Å². The molecule has 0 bridgehead atoms. The highest BCUT2D eigenvalue weighted by Crippen LogP contribution is 2.44. The number of carbonyl (C=O) groups excluding carboxylic acids is 1. The highest BCUT2D eigenvalue weighted by Gasteiger charge is 2.50. The summed E-state index contributed by atoms with van der Waals surface area (Å²) in [5.41, 5.74) is 0.137. The molecule has 0 aliphatic carbocycles. The fourth-order valence-corrected chi connectivity index (χ4v) is 6.04. The van der Waals surface area contributed by atoms with Crippen LogP contribution in [-0.4, -0.2) is 52.5 Å². The van der Waals surface area contributed by atoms with E-state index in [4.69, 9.17) is 0 Å². The molecular formula is C29H36ClF2N3O2. The Morgan fingerprint density at radius 3 is 2.27 bits per heavy atom. The van der Waals surface area contributed by atoms with E-state index in [9.17, 15) is 23.9 Å². The molecule has 2 aliphatic heterocycles. The van der Waals surface area contributed by atoms with E-state index in [1.807, 2.05) is 19.9 Å². The zero-order valence-electron chi connectivity index (χ0n) is 22.0. The second kappa shape index (κ2) is 10.7. The number of amides is 1. The molecule has 37 heavy (non-hydrogen) atoms. The standard InChI is InChI=1S/C29H35F2N3O2.ClH/c1-18-14-33(15-19(2)29(18,36)21-8-6-7-20(11-21)13-32)27(35)25-17-34(28(3,4)5)16-24(25)23-10-9-22(30)12-26(23)31;/h6-12,18-19,24-25,36H,14-17H2,1-5H3;1H/t18-,19+,24-,25+,29?;/m0./s1. The number of halogens is 3. The molecule has 2 fully saturated rings. The summed E-state index contributed by atoms with van der Waals surface area (Å²) < 4.78 is 28.5. The van der Waals surface area contributed by atoms with Crippen molar-refractivity contribution in [1.82, 2.24) is 9.80 Å². The molecule has 200 valence electrons. The number of hydrogen-bond acceptors (Lipinski definition) is 4. The van der Waals surface area contributed by atoms with Crippen molar-refractivity contribution in [2.24, 2.45) is 17.8 Å². The molecule has 0 spiro atoms. The third kappa shape index (κ3) is 5.38. The second-order valence-electron chi connectivity index (χ2n) is 11.5. The van der Waals surface area contributed by atoms with E-state index in [0.717, 1.165) is 6.07 Å². The van der Waals surface area contributed by atoms with E-state index >= 15 is 0 Å². The SMILES string of the molecule is C[C@@H]1CN(C(=O)[C@@H]2CN(C(C)(C)C)C[C@H]2c2ccc(F)cc2F)C[C@H](C)C1(O)c1cccc(C#N)c1.Cl. The van der Waals surface area contributed by atoms with Crippen LogP contribution in [0.2, 0.25) is 0 Å². The molecule has 0 aromatic heterocycles. The Labute approximate surface area is 224 Å². The summed E-state index contributed by atoms with van der Waals surface area (Å²) in [5, 5.41) is 21.1. The molecule has 8 heteroatoms. The maximum Gasteiger partial charge on any atom is 0.227 e. The molecule has 0 radical (unpaired) electrons. The highest BCUT2D eigenvalue weighted by molar-refractivity contribution is 5.85. The number of hydrogen-bond donors (Lipinski definition) is 1. The summed E-state index contributed by atoms with van der Waals surface area (Å²) >= 11 is 0. The number of rotatable bonds is 3. The van der Waals surface area contributed by atoms with Gasteiger partial charge in [0.1, 0.15) is 11.6 Å². The Morgan fingerprint density at radius 1 is 1.05 bits per heavy atom. The highest BCUT2D eigenvalue weighted by atomic mass is 35.5. The van der Waals surface area contributed by atoms with Gasteiger partial charge in [0, 0.05) is 55.5 Å². The van der Waals surface area contributed by atoms with Crippen LogP contribution in [0.1, 0.15) is 57.2 Å². The van der Waals surface area contributed by atoms with Crippen LogP contribution in [0.4, 0.5) is 8.78 Å². The van der Waals surface area contributed by atoms with Gasteiger partial charge in [-0.2, -0.15) is 5.26 Å². The number of benzene rings is 2. The van der Waals surface area contributed by atoms with E-state index in [-0.39, 0.29) is 35.7 Å². The third-order valence-corrected chi connectivity index (χ3v) is 8.20. The molecule has 2 aromatic rings. The topological polar surface area (TPSA) is 67.6 Å². The van der Waals surface area contributed by atoms with Crippen LogP contribution >= 0.6 is 12.4 Å². The van der Waals surface area contributed by atoms with E-state index in [0.29, 0.717) is 42.9 Å². The van der Waals surface area contributed by atoms with Gasteiger partial charge < -0.3 is 10.0 Å². The average molecular weight is 532 g/mol. The predicted molar refractivity (Wildman–Crippen MR) is 141 cm³/mol. The summed E-state index contributed by atoms with van der Waals surface area (Å²) in [6, 6.07) is 12.7. The van der Waals surface area contributed by atoms with E-state index in [2.05, 4.69) is 31.7 Å². The summed E-state index contributed by atoms with van der Waals surface area (Å²) in [6.45, 7) is 11.7. The molecule has 0 saturated carbocycles. The van der Waals surface area contributed by atoms with E-state index in [1.165, 1.54) is 12.1 Å². The van der Waals surface area contributed by atoms with Crippen molar-refractivity contribution >= 4 is 18.3 Å². The Kier molecular flexibility index (Phi) is 8.38. The molecule has 1 amide bonds. The number of carbonyl (C=O) groups is 1. The largest absolute Gasteiger partial charge is 0.384 e. The minimum absolute atomic E-state index is 0. The zero-order chi connectivity index (χ0) is 26.4. The fraction of sp³-hybridized carbons (Fsp3) is 0.517. The van der Waals surface area contributed by atoms with Gasteiger partial charge in [-0.05, 0) is 50.1 Å². The predicted octanol–water partition coefficient (Wildman–Crippen LogP) is 5.07. The maximum atomic E-state index is 14.8. The first-order valence-electron chi connectivity index (χ1n) is 12.6. The summed E-state index contributed by atoms with van der Waals surface area (Å²) in [5.74, 6) is -2.75. The number of nitrogens with zero attached hydrogens (tertiary/aromatic N) is 3. The quantitative estimate of drug-likeness (QED) is 0.600. The van der Waals surface area contributed by atoms with Crippen molar-refractivity contribution in [2.75, 3.05) is 26.2 Å². The normalized spacial score (nSPS) is 28.5. The monoisotopic (exact) mass is 531 g/mol. The zero-order valence-corrected chi connectivity index (χ0v) is 22.9. The van der Waals surface area contributed by atoms with Gasteiger partial charge in [0.25, 0.3) is 0 Å². The number of nitriles is 1. The van der Waals surface area contributed by atoms with E-state index in [1.54, 1.807) is 23.1 Å². The minimum atomic E-state index is -1.18. The lowest BCUT2D eigenvalue weighted by Crippen LogP contribution is -2.57.